The molecule has 3 aromatic carbocycles. The largest absolute Gasteiger partial charge is 0.469 e. The smallest absolute Gasteiger partial charge is 0.308 e. The van der Waals surface area contributed by atoms with E-state index in [1.165, 1.54) is 7.11 Å². The zero-order valence-electron chi connectivity index (χ0n) is 19.4. The number of ether oxygens (including phenoxy) is 4. The Balaban J connectivity index is 1.70. The molecule has 0 saturated carbocycles. The zero-order valence-corrected chi connectivity index (χ0v) is 19.4. The molecule has 0 bridgehead atoms. The number of benzene rings is 3. The van der Waals surface area contributed by atoms with Gasteiger partial charge < -0.3 is 24.1 Å². The Morgan fingerprint density at radius 1 is 0.735 bits per heavy atom. The molecule has 0 heterocycles. The fourth-order valence-electron chi connectivity index (χ4n) is 3.49. The van der Waals surface area contributed by atoms with Crippen molar-refractivity contribution in [2.45, 2.75) is 44.6 Å². The summed E-state index contributed by atoms with van der Waals surface area (Å²) in [5.74, 6) is -0.441. The molecule has 3 rings (SSSR count). The highest BCUT2D eigenvalue weighted by Crippen LogP contribution is 2.19. The molecule has 3 atom stereocenters. The fourth-order valence-corrected chi connectivity index (χ4v) is 3.49. The van der Waals surface area contributed by atoms with Gasteiger partial charge in [-0.2, -0.15) is 0 Å². The number of hydrogen-bond donors (Lipinski definition) is 1. The highest BCUT2D eigenvalue weighted by Gasteiger charge is 2.33. The maximum absolute atomic E-state index is 12.2. The lowest BCUT2D eigenvalue weighted by molar-refractivity contribution is -0.164. The normalized spacial score (nSPS) is 13.7. The van der Waals surface area contributed by atoms with Gasteiger partial charge in [-0.05, 0) is 16.7 Å². The number of aliphatic hydroxyl groups is 1. The second kappa shape index (κ2) is 14.3. The number of carbonyl (C=O) groups excluding carboxylic acids is 1. The number of methoxy groups -OCH3 is 1. The summed E-state index contributed by atoms with van der Waals surface area (Å²) < 4.78 is 22.9. The molecule has 6 nitrogen and oxygen atoms in total. The summed E-state index contributed by atoms with van der Waals surface area (Å²) >= 11 is 0. The molecule has 0 radical (unpaired) electrons. The van der Waals surface area contributed by atoms with Gasteiger partial charge in [0.05, 0.1) is 46.1 Å². The zero-order chi connectivity index (χ0) is 24.0. The van der Waals surface area contributed by atoms with E-state index < -0.39 is 24.3 Å². The van der Waals surface area contributed by atoms with Crippen LogP contribution in [-0.2, 0) is 43.6 Å². The average molecular weight is 465 g/mol. The van der Waals surface area contributed by atoms with Gasteiger partial charge >= 0.3 is 5.97 Å². The second-order valence-corrected chi connectivity index (χ2v) is 7.94. The number of esters is 1. The molecule has 1 N–H and O–H groups in total. The predicted octanol–water partition coefficient (Wildman–Crippen LogP) is 4.30. The SMILES string of the molecule is COC(=O)C[C@@H](OCc1ccccc1)[C@H](OCc1ccccc1)[C@H](O)COCc1ccccc1. The summed E-state index contributed by atoms with van der Waals surface area (Å²) in [6.07, 6.45) is -2.61. The molecule has 0 aromatic heterocycles. The highest BCUT2D eigenvalue weighted by atomic mass is 16.6. The molecule has 0 aliphatic carbocycles. The molecule has 0 spiro atoms. The lowest BCUT2D eigenvalue weighted by Gasteiger charge is -2.30. The minimum absolute atomic E-state index is 0.0285. The molecule has 6 heteroatoms. The topological polar surface area (TPSA) is 74.2 Å². The molecule has 3 aromatic rings. The first-order chi connectivity index (χ1) is 16.7. The monoisotopic (exact) mass is 464 g/mol. The first-order valence-electron chi connectivity index (χ1n) is 11.3. The van der Waals surface area contributed by atoms with Gasteiger partial charge in [0.1, 0.15) is 12.2 Å². The van der Waals surface area contributed by atoms with E-state index in [-0.39, 0.29) is 26.2 Å². The first kappa shape index (κ1) is 25.6. The molecule has 0 saturated heterocycles. The Labute approximate surface area is 201 Å². The van der Waals surface area contributed by atoms with Gasteiger partial charge in [0.25, 0.3) is 0 Å². The van der Waals surface area contributed by atoms with Crippen molar-refractivity contribution < 1.29 is 28.8 Å². The van der Waals surface area contributed by atoms with E-state index in [2.05, 4.69) is 0 Å². The lowest BCUT2D eigenvalue weighted by atomic mass is 10.0. The van der Waals surface area contributed by atoms with Gasteiger partial charge in [-0.25, -0.2) is 0 Å². The Bertz CT molecular complexity index is 948. The van der Waals surface area contributed by atoms with Crippen LogP contribution in [0.3, 0.4) is 0 Å². The summed E-state index contributed by atoms with van der Waals surface area (Å²) in [7, 11) is 1.33. The summed E-state index contributed by atoms with van der Waals surface area (Å²) in [5.41, 5.74) is 2.90. The van der Waals surface area contributed by atoms with Gasteiger partial charge in [-0.15, -0.1) is 0 Å². The lowest BCUT2D eigenvalue weighted by Crippen LogP contribution is -2.44. The van der Waals surface area contributed by atoms with Crippen molar-refractivity contribution in [3.8, 4) is 0 Å². The Morgan fingerprint density at radius 2 is 1.21 bits per heavy atom. The van der Waals surface area contributed by atoms with E-state index in [1.54, 1.807) is 0 Å². The van der Waals surface area contributed by atoms with Crippen LogP contribution in [0.5, 0.6) is 0 Å². The number of hydrogen-bond acceptors (Lipinski definition) is 6. The molecule has 0 amide bonds. The van der Waals surface area contributed by atoms with Gasteiger partial charge in [-0.1, -0.05) is 91.0 Å². The van der Waals surface area contributed by atoms with E-state index in [0.29, 0.717) is 6.61 Å². The molecule has 0 aliphatic heterocycles. The molecular weight excluding hydrogens is 432 g/mol. The minimum Gasteiger partial charge on any atom is -0.469 e. The van der Waals surface area contributed by atoms with E-state index in [1.807, 2.05) is 91.0 Å². The summed E-state index contributed by atoms with van der Waals surface area (Å²) in [4.78, 5) is 12.2. The fraction of sp³-hybridized carbons (Fsp3) is 0.321. The van der Waals surface area contributed by atoms with Crippen LogP contribution in [0.1, 0.15) is 23.1 Å². The number of carbonyl (C=O) groups is 1. The molecular formula is C28H32O6. The van der Waals surface area contributed by atoms with Crippen LogP contribution in [0.2, 0.25) is 0 Å². The Kier molecular flexibility index (Phi) is 10.7. The second-order valence-electron chi connectivity index (χ2n) is 7.94. The molecule has 0 unspecified atom stereocenters. The third-order valence-electron chi connectivity index (χ3n) is 5.33. The van der Waals surface area contributed by atoms with Crippen molar-refractivity contribution in [1.82, 2.24) is 0 Å². The van der Waals surface area contributed by atoms with Crippen molar-refractivity contribution in [1.29, 1.82) is 0 Å². The van der Waals surface area contributed by atoms with Gasteiger partial charge in [0.2, 0.25) is 0 Å². The van der Waals surface area contributed by atoms with Crippen molar-refractivity contribution in [2.24, 2.45) is 0 Å². The molecule has 34 heavy (non-hydrogen) atoms. The summed E-state index contributed by atoms with van der Waals surface area (Å²) in [5, 5.41) is 11.0. The van der Waals surface area contributed by atoms with Gasteiger partial charge in [-0.3, -0.25) is 4.79 Å². The van der Waals surface area contributed by atoms with Crippen molar-refractivity contribution >= 4 is 5.97 Å². The molecule has 0 fully saturated rings. The van der Waals surface area contributed by atoms with E-state index in [9.17, 15) is 9.90 Å². The van der Waals surface area contributed by atoms with Crippen molar-refractivity contribution in [2.75, 3.05) is 13.7 Å². The van der Waals surface area contributed by atoms with Crippen LogP contribution >= 0.6 is 0 Å². The standard InChI is InChI=1S/C28H32O6/c1-31-27(30)17-26(33-19-23-13-7-3-8-14-23)28(34-20-24-15-9-4-10-16-24)25(29)21-32-18-22-11-5-2-6-12-22/h2-16,25-26,28-29H,17-21H2,1H3/t25-,26-,28-/m1/s1. The van der Waals surface area contributed by atoms with E-state index in [0.717, 1.165) is 16.7 Å². The van der Waals surface area contributed by atoms with Crippen molar-refractivity contribution in [3.63, 3.8) is 0 Å². The first-order valence-corrected chi connectivity index (χ1v) is 11.3. The van der Waals surface area contributed by atoms with Crippen LogP contribution in [0.15, 0.2) is 91.0 Å². The number of rotatable bonds is 14. The van der Waals surface area contributed by atoms with Crippen LogP contribution in [0.4, 0.5) is 0 Å². The molecule has 180 valence electrons. The van der Waals surface area contributed by atoms with Crippen LogP contribution < -0.4 is 0 Å². The van der Waals surface area contributed by atoms with Gasteiger partial charge in [0, 0.05) is 0 Å². The Morgan fingerprint density at radius 3 is 1.71 bits per heavy atom. The average Bonchev–Trinajstić information content (AvgIpc) is 2.89. The summed E-state index contributed by atoms with van der Waals surface area (Å²) in [6.45, 7) is 0.912. The van der Waals surface area contributed by atoms with Crippen molar-refractivity contribution in [3.05, 3.63) is 108 Å². The van der Waals surface area contributed by atoms with E-state index in [4.69, 9.17) is 18.9 Å². The maximum atomic E-state index is 12.2. The number of aliphatic hydroxyl groups excluding tert-OH is 1. The van der Waals surface area contributed by atoms with Crippen LogP contribution in [-0.4, -0.2) is 43.1 Å². The quantitative estimate of drug-likeness (QED) is 0.359. The van der Waals surface area contributed by atoms with Crippen LogP contribution in [0, 0.1) is 0 Å². The third kappa shape index (κ3) is 8.72. The summed E-state index contributed by atoms with van der Waals surface area (Å²) in [6, 6.07) is 29.0. The van der Waals surface area contributed by atoms with Gasteiger partial charge in [0.15, 0.2) is 0 Å². The third-order valence-corrected chi connectivity index (χ3v) is 5.33. The maximum Gasteiger partial charge on any atom is 0.308 e. The molecule has 0 aliphatic rings. The Hall–Kier alpha value is -3.03. The highest BCUT2D eigenvalue weighted by molar-refractivity contribution is 5.69. The minimum atomic E-state index is -1.02. The predicted molar refractivity (Wildman–Crippen MR) is 129 cm³/mol. The van der Waals surface area contributed by atoms with Crippen LogP contribution in [0.25, 0.3) is 0 Å². The van der Waals surface area contributed by atoms with E-state index >= 15 is 0 Å².